The van der Waals surface area contributed by atoms with Crippen molar-refractivity contribution in [2.75, 3.05) is 6.54 Å². The minimum absolute atomic E-state index is 0. The van der Waals surface area contributed by atoms with Gasteiger partial charge in [0.1, 0.15) is 0 Å². The molecule has 1 aromatic rings. The average molecular weight is 403 g/mol. The highest BCUT2D eigenvalue weighted by molar-refractivity contribution is 14.1. The Morgan fingerprint density at radius 3 is 2.53 bits per heavy atom. The Morgan fingerprint density at radius 1 is 1.42 bits per heavy atom. The SMILES string of the molecule is Cl.NCC(NC(=O)c1cc(F)c(F)cc1I)C1CC1. The molecule has 106 valence electrons. The second-order valence-corrected chi connectivity index (χ2v) is 5.56. The fraction of sp³-hybridized carbons (Fsp3) is 0.417. The van der Waals surface area contributed by atoms with Crippen molar-refractivity contribution in [1.82, 2.24) is 5.32 Å². The third kappa shape index (κ3) is 4.00. The van der Waals surface area contributed by atoms with Crippen molar-refractivity contribution in [2.45, 2.75) is 18.9 Å². The van der Waals surface area contributed by atoms with Crippen LogP contribution in [0, 0.1) is 21.1 Å². The summed E-state index contributed by atoms with van der Waals surface area (Å²) in [5.41, 5.74) is 5.73. The first kappa shape index (κ1) is 16.6. The first-order valence-electron chi connectivity index (χ1n) is 5.68. The van der Waals surface area contributed by atoms with Crippen LogP contribution < -0.4 is 11.1 Å². The zero-order valence-electron chi connectivity index (χ0n) is 9.96. The van der Waals surface area contributed by atoms with E-state index in [9.17, 15) is 13.6 Å². The third-order valence-corrected chi connectivity index (χ3v) is 3.91. The number of halogens is 4. The van der Waals surface area contributed by atoms with Gasteiger partial charge in [0.05, 0.1) is 5.56 Å². The fourth-order valence-corrected chi connectivity index (χ4v) is 2.48. The Labute approximate surface area is 129 Å². The predicted octanol–water partition coefficient (Wildman–Crippen LogP) is 2.46. The van der Waals surface area contributed by atoms with E-state index in [2.05, 4.69) is 5.32 Å². The molecule has 0 saturated heterocycles. The van der Waals surface area contributed by atoms with Gasteiger partial charge >= 0.3 is 0 Å². The number of nitrogens with one attached hydrogen (secondary N) is 1. The summed E-state index contributed by atoms with van der Waals surface area (Å²) < 4.78 is 26.5. The Morgan fingerprint density at radius 2 is 2.00 bits per heavy atom. The Kier molecular flexibility index (Phi) is 5.94. The van der Waals surface area contributed by atoms with E-state index in [1.165, 1.54) is 0 Å². The summed E-state index contributed by atoms with van der Waals surface area (Å²) in [5.74, 6) is -1.95. The second kappa shape index (κ2) is 6.81. The maximum Gasteiger partial charge on any atom is 0.252 e. The highest BCUT2D eigenvalue weighted by Crippen LogP contribution is 2.32. The van der Waals surface area contributed by atoms with Gasteiger partial charge in [0.15, 0.2) is 11.6 Å². The van der Waals surface area contributed by atoms with Crippen LogP contribution in [-0.4, -0.2) is 18.5 Å². The molecule has 1 atom stereocenters. The normalized spacial score (nSPS) is 15.6. The lowest BCUT2D eigenvalue weighted by molar-refractivity contribution is 0.0932. The van der Waals surface area contributed by atoms with Crippen LogP contribution >= 0.6 is 35.0 Å². The Balaban J connectivity index is 0.00000180. The third-order valence-electron chi connectivity index (χ3n) is 3.02. The van der Waals surface area contributed by atoms with Crippen molar-refractivity contribution in [3.63, 3.8) is 0 Å². The van der Waals surface area contributed by atoms with Crippen LogP contribution in [0.25, 0.3) is 0 Å². The van der Waals surface area contributed by atoms with Crippen LogP contribution in [0.3, 0.4) is 0 Å². The summed E-state index contributed by atoms with van der Waals surface area (Å²) in [5, 5.41) is 2.77. The summed E-state index contributed by atoms with van der Waals surface area (Å²) in [6.45, 7) is 0.358. The van der Waals surface area contributed by atoms with E-state index in [0.29, 0.717) is 16.0 Å². The van der Waals surface area contributed by atoms with Crippen molar-refractivity contribution in [2.24, 2.45) is 11.7 Å². The summed E-state index contributed by atoms with van der Waals surface area (Å²) in [6, 6.07) is 1.85. The van der Waals surface area contributed by atoms with Crippen molar-refractivity contribution in [3.8, 4) is 0 Å². The lowest BCUT2D eigenvalue weighted by Gasteiger charge is -2.16. The number of hydrogen-bond donors (Lipinski definition) is 2. The quantitative estimate of drug-likeness (QED) is 0.600. The van der Waals surface area contributed by atoms with Gasteiger partial charge in [-0.1, -0.05) is 0 Å². The van der Waals surface area contributed by atoms with Crippen LogP contribution in [0.5, 0.6) is 0 Å². The predicted molar refractivity (Wildman–Crippen MR) is 79.4 cm³/mol. The molecule has 1 fully saturated rings. The lowest BCUT2D eigenvalue weighted by atomic mass is 10.1. The van der Waals surface area contributed by atoms with Crippen molar-refractivity contribution < 1.29 is 13.6 Å². The Bertz CT molecular complexity index is 483. The molecule has 0 bridgehead atoms. The van der Waals surface area contributed by atoms with E-state index >= 15 is 0 Å². The fourth-order valence-electron chi connectivity index (χ4n) is 1.81. The van der Waals surface area contributed by atoms with Crippen LogP contribution in [0.2, 0.25) is 0 Å². The molecule has 1 aromatic carbocycles. The number of amides is 1. The highest BCUT2D eigenvalue weighted by atomic mass is 127. The van der Waals surface area contributed by atoms with E-state index in [0.717, 1.165) is 25.0 Å². The standard InChI is InChI=1S/C12H13F2IN2O.ClH/c13-8-3-7(10(15)4-9(8)14)12(18)17-11(5-16)6-1-2-6;/h3-4,6,11H,1-2,5,16H2,(H,17,18);1H. The topological polar surface area (TPSA) is 55.1 Å². The summed E-state index contributed by atoms with van der Waals surface area (Å²) in [6.07, 6.45) is 2.11. The van der Waals surface area contributed by atoms with Crippen molar-refractivity contribution in [1.29, 1.82) is 0 Å². The molecule has 3 N–H and O–H groups in total. The van der Waals surface area contributed by atoms with Gasteiger partial charge in [-0.15, -0.1) is 12.4 Å². The van der Waals surface area contributed by atoms with E-state index in [1.54, 1.807) is 0 Å². The second-order valence-electron chi connectivity index (χ2n) is 4.40. The largest absolute Gasteiger partial charge is 0.348 e. The zero-order valence-corrected chi connectivity index (χ0v) is 12.9. The molecule has 0 spiro atoms. The van der Waals surface area contributed by atoms with Crippen LogP contribution in [0.4, 0.5) is 8.78 Å². The molecular formula is C12H14ClF2IN2O. The minimum Gasteiger partial charge on any atom is -0.348 e. The maximum atomic E-state index is 13.1. The molecule has 1 aliphatic rings. The van der Waals surface area contributed by atoms with Gasteiger partial charge in [-0.25, -0.2) is 8.78 Å². The van der Waals surface area contributed by atoms with Gasteiger partial charge in [0, 0.05) is 16.2 Å². The first-order valence-corrected chi connectivity index (χ1v) is 6.76. The number of carbonyl (C=O) groups excluding carboxylic acids is 1. The number of hydrogen-bond acceptors (Lipinski definition) is 2. The highest BCUT2D eigenvalue weighted by Gasteiger charge is 2.31. The van der Waals surface area contributed by atoms with Gasteiger partial charge in [-0.05, 0) is 53.5 Å². The van der Waals surface area contributed by atoms with Crippen LogP contribution in [-0.2, 0) is 0 Å². The van der Waals surface area contributed by atoms with Gasteiger partial charge in [0.2, 0.25) is 0 Å². The molecule has 0 radical (unpaired) electrons. The number of benzene rings is 1. The van der Waals surface area contributed by atoms with Crippen molar-refractivity contribution in [3.05, 3.63) is 32.9 Å². The zero-order chi connectivity index (χ0) is 13.3. The summed E-state index contributed by atoms with van der Waals surface area (Å²) in [7, 11) is 0. The maximum absolute atomic E-state index is 13.1. The molecule has 1 aliphatic carbocycles. The molecule has 1 saturated carbocycles. The Hall–Kier alpha value is -0.470. The van der Waals surface area contributed by atoms with Gasteiger partial charge in [-0.3, -0.25) is 4.79 Å². The number of carbonyl (C=O) groups is 1. The number of nitrogens with two attached hydrogens (primary N) is 1. The van der Waals surface area contributed by atoms with E-state index in [1.807, 2.05) is 22.6 Å². The molecule has 7 heteroatoms. The van der Waals surface area contributed by atoms with Crippen molar-refractivity contribution >= 4 is 40.9 Å². The smallest absolute Gasteiger partial charge is 0.252 e. The average Bonchev–Trinajstić information content (AvgIpc) is 3.14. The minimum atomic E-state index is -1.02. The molecule has 0 aliphatic heterocycles. The molecule has 0 aromatic heterocycles. The molecule has 1 amide bonds. The molecule has 2 rings (SSSR count). The van der Waals surface area contributed by atoms with E-state index < -0.39 is 17.5 Å². The van der Waals surface area contributed by atoms with Crippen LogP contribution in [0.1, 0.15) is 23.2 Å². The molecule has 1 unspecified atom stereocenters. The molecule has 3 nitrogen and oxygen atoms in total. The van der Waals surface area contributed by atoms with E-state index in [4.69, 9.17) is 5.73 Å². The molecular weight excluding hydrogens is 388 g/mol. The van der Waals surface area contributed by atoms with E-state index in [-0.39, 0.29) is 24.0 Å². The molecule has 19 heavy (non-hydrogen) atoms. The monoisotopic (exact) mass is 402 g/mol. The number of rotatable bonds is 4. The van der Waals surface area contributed by atoms with Crippen LogP contribution in [0.15, 0.2) is 12.1 Å². The van der Waals surface area contributed by atoms with Gasteiger partial charge in [-0.2, -0.15) is 0 Å². The summed E-state index contributed by atoms with van der Waals surface area (Å²) in [4.78, 5) is 12.0. The lowest BCUT2D eigenvalue weighted by Crippen LogP contribution is -2.42. The van der Waals surface area contributed by atoms with Gasteiger partial charge in [0.25, 0.3) is 5.91 Å². The molecule has 0 heterocycles. The van der Waals surface area contributed by atoms with Gasteiger partial charge < -0.3 is 11.1 Å². The summed E-state index contributed by atoms with van der Waals surface area (Å²) >= 11 is 1.81. The first-order chi connectivity index (χ1) is 8.52.